The first-order valence-electron chi connectivity index (χ1n) is 6.04. The van der Waals surface area contributed by atoms with Crippen LogP contribution in [0.2, 0.25) is 0 Å². The summed E-state index contributed by atoms with van der Waals surface area (Å²) in [6.07, 6.45) is 2.56. The van der Waals surface area contributed by atoms with Crippen molar-refractivity contribution in [3.63, 3.8) is 0 Å². The van der Waals surface area contributed by atoms with E-state index in [0.717, 1.165) is 19.3 Å². The number of nitrogens with zero attached hydrogens (tertiary/aromatic N) is 2. The highest BCUT2D eigenvalue weighted by molar-refractivity contribution is 5.69. The number of carboxylic acids is 1. The van der Waals surface area contributed by atoms with Crippen LogP contribution in [0.3, 0.4) is 0 Å². The van der Waals surface area contributed by atoms with Crippen molar-refractivity contribution < 1.29 is 14.8 Å². The molecule has 0 bridgehead atoms. The smallest absolute Gasteiger partial charge is 0.305 e. The van der Waals surface area contributed by atoms with E-state index in [-0.39, 0.29) is 12.1 Å². The van der Waals surface area contributed by atoms with E-state index >= 15 is 0 Å². The van der Waals surface area contributed by atoms with Gasteiger partial charge in [-0.3, -0.25) is 14.9 Å². The maximum absolute atomic E-state index is 10.9. The molecule has 0 saturated heterocycles. The van der Waals surface area contributed by atoms with Crippen molar-refractivity contribution >= 4 is 17.5 Å². The first-order chi connectivity index (χ1) is 8.92. The quantitative estimate of drug-likeness (QED) is 0.624. The van der Waals surface area contributed by atoms with Gasteiger partial charge < -0.3 is 10.4 Å². The third-order valence-corrected chi connectivity index (χ3v) is 3.45. The standard InChI is InChI=1S/C12H15N3O4/c1-8-9(15(18)19)3-4-10(13-8)14-12(5-2-6-12)7-11(16)17/h3-4H,2,5-7H2,1H3,(H,13,14)(H,16,17). The van der Waals surface area contributed by atoms with E-state index < -0.39 is 16.4 Å². The summed E-state index contributed by atoms with van der Waals surface area (Å²) in [6.45, 7) is 1.56. The molecule has 7 heteroatoms. The molecule has 2 N–H and O–H groups in total. The molecule has 0 amide bonds. The monoisotopic (exact) mass is 265 g/mol. The van der Waals surface area contributed by atoms with Gasteiger partial charge in [-0.1, -0.05) is 0 Å². The Hall–Kier alpha value is -2.18. The molecule has 0 aromatic carbocycles. The Bertz CT molecular complexity index is 526. The fraction of sp³-hybridized carbons (Fsp3) is 0.500. The van der Waals surface area contributed by atoms with Crippen LogP contribution >= 0.6 is 0 Å². The Morgan fingerprint density at radius 3 is 2.68 bits per heavy atom. The van der Waals surface area contributed by atoms with Crippen LogP contribution < -0.4 is 5.32 Å². The number of aromatic nitrogens is 1. The summed E-state index contributed by atoms with van der Waals surface area (Å²) >= 11 is 0. The molecule has 0 spiro atoms. The lowest BCUT2D eigenvalue weighted by Gasteiger charge is -2.41. The number of nitro groups is 1. The van der Waals surface area contributed by atoms with E-state index in [1.165, 1.54) is 12.1 Å². The minimum atomic E-state index is -0.856. The Morgan fingerprint density at radius 2 is 2.26 bits per heavy atom. The molecular weight excluding hydrogens is 250 g/mol. The molecule has 0 unspecified atom stereocenters. The molecule has 1 fully saturated rings. The second-order valence-corrected chi connectivity index (χ2v) is 4.89. The molecule has 7 nitrogen and oxygen atoms in total. The van der Waals surface area contributed by atoms with Crippen molar-refractivity contribution in [1.29, 1.82) is 0 Å². The molecule has 2 rings (SSSR count). The number of nitrogens with one attached hydrogen (secondary N) is 1. The fourth-order valence-electron chi connectivity index (χ4n) is 2.33. The Morgan fingerprint density at radius 1 is 1.58 bits per heavy atom. The number of aliphatic carboxylic acids is 1. The summed E-state index contributed by atoms with van der Waals surface area (Å²) in [5.41, 5.74) is -0.173. The van der Waals surface area contributed by atoms with Crippen molar-refractivity contribution in [3.05, 3.63) is 27.9 Å². The van der Waals surface area contributed by atoms with E-state index in [0.29, 0.717) is 11.5 Å². The first kappa shape index (κ1) is 13.3. The summed E-state index contributed by atoms with van der Waals surface area (Å²) in [6, 6.07) is 2.91. The third kappa shape index (κ3) is 2.81. The van der Waals surface area contributed by atoms with Crippen molar-refractivity contribution in [3.8, 4) is 0 Å². The Labute approximate surface area is 109 Å². The maximum Gasteiger partial charge on any atom is 0.305 e. The number of hydrogen-bond acceptors (Lipinski definition) is 5. The topological polar surface area (TPSA) is 105 Å². The second kappa shape index (κ2) is 4.83. The van der Waals surface area contributed by atoms with Gasteiger partial charge in [-0.15, -0.1) is 0 Å². The van der Waals surface area contributed by atoms with Gasteiger partial charge in [-0.05, 0) is 32.3 Å². The highest BCUT2D eigenvalue weighted by atomic mass is 16.6. The predicted molar refractivity (Wildman–Crippen MR) is 68.1 cm³/mol. The van der Waals surface area contributed by atoms with Crippen molar-refractivity contribution in [1.82, 2.24) is 4.98 Å². The van der Waals surface area contributed by atoms with Gasteiger partial charge in [0.25, 0.3) is 5.69 Å². The zero-order chi connectivity index (χ0) is 14.0. The molecule has 1 saturated carbocycles. The normalized spacial score (nSPS) is 16.5. The molecule has 0 radical (unpaired) electrons. The molecule has 1 aliphatic carbocycles. The number of pyridine rings is 1. The van der Waals surface area contributed by atoms with Gasteiger partial charge in [0, 0.05) is 11.6 Å². The lowest BCUT2D eigenvalue weighted by atomic mass is 9.74. The second-order valence-electron chi connectivity index (χ2n) is 4.89. The van der Waals surface area contributed by atoms with Crippen molar-refractivity contribution in [2.75, 3.05) is 5.32 Å². The summed E-state index contributed by atoms with van der Waals surface area (Å²) in [7, 11) is 0. The van der Waals surface area contributed by atoms with Gasteiger partial charge >= 0.3 is 5.97 Å². The van der Waals surface area contributed by atoms with Gasteiger partial charge in [-0.25, -0.2) is 4.98 Å². The van der Waals surface area contributed by atoms with E-state index in [9.17, 15) is 14.9 Å². The summed E-state index contributed by atoms with van der Waals surface area (Å²) in [4.78, 5) is 25.2. The molecule has 0 atom stereocenters. The van der Waals surface area contributed by atoms with E-state index in [1.807, 2.05) is 0 Å². The van der Waals surface area contributed by atoms with E-state index in [1.54, 1.807) is 6.92 Å². The van der Waals surface area contributed by atoms with Crippen LogP contribution in [-0.4, -0.2) is 26.5 Å². The third-order valence-electron chi connectivity index (χ3n) is 3.45. The molecule has 1 heterocycles. The molecule has 19 heavy (non-hydrogen) atoms. The van der Waals surface area contributed by atoms with E-state index in [2.05, 4.69) is 10.3 Å². The Kier molecular flexibility index (Phi) is 3.37. The number of anilines is 1. The minimum Gasteiger partial charge on any atom is -0.481 e. The number of aryl methyl sites for hydroxylation is 1. The van der Waals surface area contributed by atoms with Gasteiger partial charge in [0.05, 0.1) is 11.3 Å². The van der Waals surface area contributed by atoms with Crippen molar-refractivity contribution in [2.24, 2.45) is 0 Å². The molecule has 0 aliphatic heterocycles. The number of rotatable bonds is 5. The van der Waals surface area contributed by atoms with Crippen molar-refractivity contribution in [2.45, 2.75) is 38.1 Å². The number of carboxylic acid groups (broad SMARTS) is 1. The highest BCUT2D eigenvalue weighted by Crippen LogP contribution is 2.38. The van der Waals surface area contributed by atoms with Crippen LogP contribution in [0.5, 0.6) is 0 Å². The van der Waals surface area contributed by atoms with Crippen LogP contribution in [0.1, 0.15) is 31.4 Å². The molecular formula is C12H15N3O4. The molecule has 102 valence electrons. The molecule has 1 aromatic rings. The highest BCUT2D eigenvalue weighted by Gasteiger charge is 2.39. The molecule has 1 aliphatic rings. The van der Waals surface area contributed by atoms with Gasteiger partial charge in [0.1, 0.15) is 11.5 Å². The SMILES string of the molecule is Cc1nc(NC2(CC(=O)O)CCC2)ccc1[N+](=O)[O-]. The zero-order valence-corrected chi connectivity index (χ0v) is 10.5. The van der Waals surface area contributed by atoms with Gasteiger partial charge in [0.15, 0.2) is 0 Å². The van der Waals surface area contributed by atoms with Crippen LogP contribution in [0.4, 0.5) is 11.5 Å². The number of carbonyl (C=O) groups is 1. The fourth-order valence-corrected chi connectivity index (χ4v) is 2.33. The van der Waals surface area contributed by atoms with Crippen LogP contribution in [0.15, 0.2) is 12.1 Å². The zero-order valence-electron chi connectivity index (χ0n) is 10.5. The average molecular weight is 265 g/mol. The molecule has 1 aromatic heterocycles. The largest absolute Gasteiger partial charge is 0.481 e. The van der Waals surface area contributed by atoms with Gasteiger partial charge in [-0.2, -0.15) is 0 Å². The summed E-state index contributed by atoms with van der Waals surface area (Å²) in [5, 5.41) is 22.7. The van der Waals surface area contributed by atoms with Crippen LogP contribution in [0.25, 0.3) is 0 Å². The van der Waals surface area contributed by atoms with Crippen LogP contribution in [0, 0.1) is 17.0 Å². The number of hydrogen-bond donors (Lipinski definition) is 2. The summed E-state index contributed by atoms with van der Waals surface area (Å²) < 4.78 is 0. The van der Waals surface area contributed by atoms with E-state index in [4.69, 9.17) is 5.11 Å². The lowest BCUT2D eigenvalue weighted by Crippen LogP contribution is -2.47. The van der Waals surface area contributed by atoms with Crippen LogP contribution in [-0.2, 0) is 4.79 Å². The maximum atomic E-state index is 10.9. The first-order valence-corrected chi connectivity index (χ1v) is 6.04. The minimum absolute atomic E-state index is 0.0325. The summed E-state index contributed by atoms with van der Waals surface area (Å²) in [5.74, 6) is -0.366. The predicted octanol–water partition coefficient (Wildman–Crippen LogP) is 2.11. The average Bonchev–Trinajstić information content (AvgIpc) is 2.25. The Balaban J connectivity index is 2.17. The lowest BCUT2D eigenvalue weighted by molar-refractivity contribution is -0.385. The van der Waals surface area contributed by atoms with Gasteiger partial charge in [0.2, 0.25) is 0 Å².